The molecular formula is C28H26O8. The molecule has 4 unspecified atom stereocenters. The Morgan fingerprint density at radius 3 is 1.69 bits per heavy atom. The lowest BCUT2D eigenvalue weighted by Gasteiger charge is -2.39. The zero-order valence-electron chi connectivity index (χ0n) is 19.6. The molecule has 186 valence electrons. The summed E-state index contributed by atoms with van der Waals surface area (Å²) in [6.07, 6.45) is -3.56. The summed E-state index contributed by atoms with van der Waals surface area (Å²) in [6.45, 7) is -0.105. The monoisotopic (exact) mass is 490 g/mol. The largest absolute Gasteiger partial charge is 0.459 e. The van der Waals surface area contributed by atoms with Crippen molar-refractivity contribution in [3.8, 4) is 0 Å². The number of ether oxygens (including phenoxy) is 5. The van der Waals surface area contributed by atoms with Crippen molar-refractivity contribution in [2.24, 2.45) is 0 Å². The SMILES string of the molecule is COC1OC(COC(=O)c2ccccc2)CC(OC(=O)c2ccccc2)C1OC(=O)c1ccccc1. The van der Waals surface area contributed by atoms with Gasteiger partial charge in [-0.3, -0.25) is 0 Å². The van der Waals surface area contributed by atoms with Gasteiger partial charge in [-0.15, -0.1) is 0 Å². The van der Waals surface area contributed by atoms with Crippen LogP contribution in [-0.4, -0.2) is 56.2 Å². The first kappa shape index (κ1) is 25.1. The lowest BCUT2D eigenvalue weighted by molar-refractivity contribution is -0.261. The molecule has 0 saturated carbocycles. The summed E-state index contributed by atoms with van der Waals surface area (Å²) in [6, 6.07) is 25.5. The van der Waals surface area contributed by atoms with E-state index < -0.39 is 42.5 Å². The number of hydrogen-bond donors (Lipinski definition) is 0. The number of methoxy groups -OCH3 is 1. The molecule has 1 aliphatic rings. The molecule has 0 aromatic heterocycles. The van der Waals surface area contributed by atoms with E-state index in [1.54, 1.807) is 91.0 Å². The number of hydrogen-bond acceptors (Lipinski definition) is 8. The lowest BCUT2D eigenvalue weighted by atomic mass is 10.0. The van der Waals surface area contributed by atoms with Crippen LogP contribution in [0.2, 0.25) is 0 Å². The van der Waals surface area contributed by atoms with Gasteiger partial charge in [0.1, 0.15) is 12.7 Å². The van der Waals surface area contributed by atoms with E-state index in [9.17, 15) is 14.4 Å². The first-order valence-corrected chi connectivity index (χ1v) is 11.5. The number of benzene rings is 3. The van der Waals surface area contributed by atoms with Gasteiger partial charge < -0.3 is 23.7 Å². The van der Waals surface area contributed by atoms with Crippen molar-refractivity contribution in [1.82, 2.24) is 0 Å². The molecule has 1 heterocycles. The molecule has 0 spiro atoms. The highest BCUT2D eigenvalue weighted by Crippen LogP contribution is 2.28. The molecule has 0 N–H and O–H groups in total. The molecular weight excluding hydrogens is 464 g/mol. The quantitative estimate of drug-likeness (QED) is 0.345. The van der Waals surface area contributed by atoms with E-state index in [-0.39, 0.29) is 13.0 Å². The van der Waals surface area contributed by atoms with Crippen LogP contribution in [0.25, 0.3) is 0 Å². The van der Waals surface area contributed by atoms with Gasteiger partial charge >= 0.3 is 17.9 Å². The van der Waals surface area contributed by atoms with Gasteiger partial charge in [0.05, 0.1) is 22.8 Å². The van der Waals surface area contributed by atoms with Gasteiger partial charge in [0.2, 0.25) is 0 Å². The van der Waals surface area contributed by atoms with Gasteiger partial charge in [0.25, 0.3) is 0 Å². The van der Waals surface area contributed by atoms with Crippen molar-refractivity contribution in [3.63, 3.8) is 0 Å². The highest BCUT2D eigenvalue weighted by Gasteiger charge is 2.44. The number of rotatable bonds is 8. The second-order valence-electron chi connectivity index (χ2n) is 8.11. The zero-order chi connectivity index (χ0) is 25.3. The van der Waals surface area contributed by atoms with Crippen molar-refractivity contribution in [1.29, 1.82) is 0 Å². The summed E-state index contributed by atoms with van der Waals surface area (Å²) < 4.78 is 28.2. The van der Waals surface area contributed by atoms with Crippen molar-refractivity contribution in [2.45, 2.75) is 31.0 Å². The summed E-state index contributed by atoms with van der Waals surface area (Å²) in [5.74, 6) is -1.71. The first-order chi connectivity index (χ1) is 17.5. The molecule has 0 aliphatic carbocycles. The highest BCUT2D eigenvalue weighted by molar-refractivity contribution is 5.90. The molecule has 3 aromatic rings. The molecule has 1 aliphatic heterocycles. The summed E-state index contributed by atoms with van der Waals surface area (Å²) in [5, 5.41) is 0. The standard InChI is InChI=1S/C28H26O8/c1-32-28-24(36-27(31)21-15-9-4-10-16-21)23(35-26(30)20-13-7-3-8-14-20)17-22(34-28)18-33-25(29)19-11-5-2-6-12-19/h2-16,22-24,28H,17-18H2,1H3. The third-order valence-electron chi connectivity index (χ3n) is 5.62. The van der Waals surface area contributed by atoms with Crippen LogP contribution in [-0.2, 0) is 23.7 Å². The Labute approximate surface area is 208 Å². The predicted molar refractivity (Wildman–Crippen MR) is 128 cm³/mol. The number of esters is 3. The molecule has 4 rings (SSSR count). The van der Waals surface area contributed by atoms with Crippen molar-refractivity contribution < 1.29 is 38.1 Å². The minimum absolute atomic E-state index is 0.105. The third kappa shape index (κ3) is 6.35. The molecule has 4 atom stereocenters. The van der Waals surface area contributed by atoms with Crippen LogP contribution in [0.4, 0.5) is 0 Å². The molecule has 8 nitrogen and oxygen atoms in total. The molecule has 1 fully saturated rings. The van der Waals surface area contributed by atoms with E-state index >= 15 is 0 Å². The molecule has 36 heavy (non-hydrogen) atoms. The van der Waals surface area contributed by atoms with Crippen LogP contribution in [0.15, 0.2) is 91.0 Å². The fourth-order valence-corrected chi connectivity index (χ4v) is 3.81. The second kappa shape index (κ2) is 12.1. The summed E-state index contributed by atoms with van der Waals surface area (Å²) in [4.78, 5) is 38.0. The van der Waals surface area contributed by atoms with E-state index in [4.69, 9.17) is 23.7 Å². The minimum atomic E-state index is -1.06. The van der Waals surface area contributed by atoms with Crippen LogP contribution in [0.5, 0.6) is 0 Å². The first-order valence-electron chi connectivity index (χ1n) is 11.5. The van der Waals surface area contributed by atoms with Crippen molar-refractivity contribution >= 4 is 17.9 Å². The van der Waals surface area contributed by atoms with Crippen molar-refractivity contribution in [2.75, 3.05) is 13.7 Å². The smallest absolute Gasteiger partial charge is 0.338 e. The predicted octanol–water partition coefficient (Wildman–Crippen LogP) is 4.06. The summed E-state index contributed by atoms with van der Waals surface area (Å²) >= 11 is 0. The van der Waals surface area contributed by atoms with Gasteiger partial charge in [-0.1, -0.05) is 54.6 Å². The maximum Gasteiger partial charge on any atom is 0.338 e. The van der Waals surface area contributed by atoms with E-state index in [0.717, 1.165) is 0 Å². The topological polar surface area (TPSA) is 97.4 Å². The normalized spacial score (nSPS) is 21.2. The molecule has 0 amide bonds. The van der Waals surface area contributed by atoms with Gasteiger partial charge in [0, 0.05) is 13.5 Å². The number of carbonyl (C=O) groups is 3. The fourth-order valence-electron chi connectivity index (χ4n) is 3.81. The summed E-state index contributed by atoms with van der Waals surface area (Å²) in [7, 11) is 1.39. The Balaban J connectivity index is 1.50. The van der Waals surface area contributed by atoms with Crippen LogP contribution >= 0.6 is 0 Å². The molecule has 0 bridgehead atoms. The molecule has 3 aromatic carbocycles. The molecule has 1 saturated heterocycles. The van der Waals surface area contributed by atoms with Crippen LogP contribution in [0, 0.1) is 0 Å². The Kier molecular flexibility index (Phi) is 8.44. The third-order valence-corrected chi connectivity index (χ3v) is 5.62. The Morgan fingerprint density at radius 1 is 0.722 bits per heavy atom. The van der Waals surface area contributed by atoms with Crippen molar-refractivity contribution in [3.05, 3.63) is 108 Å². The maximum atomic E-state index is 12.8. The average Bonchev–Trinajstić information content (AvgIpc) is 2.94. The fraction of sp³-hybridized carbons (Fsp3) is 0.250. The minimum Gasteiger partial charge on any atom is -0.459 e. The van der Waals surface area contributed by atoms with Crippen LogP contribution in [0.3, 0.4) is 0 Å². The van der Waals surface area contributed by atoms with Gasteiger partial charge in [-0.2, -0.15) is 0 Å². The van der Waals surface area contributed by atoms with E-state index in [0.29, 0.717) is 16.7 Å². The second-order valence-corrected chi connectivity index (χ2v) is 8.11. The highest BCUT2D eigenvalue weighted by atomic mass is 16.7. The number of carbonyl (C=O) groups excluding carboxylic acids is 3. The Hall–Kier alpha value is -4.01. The van der Waals surface area contributed by atoms with Gasteiger partial charge in [-0.25, -0.2) is 14.4 Å². The van der Waals surface area contributed by atoms with Crippen LogP contribution in [0.1, 0.15) is 37.5 Å². The van der Waals surface area contributed by atoms with E-state index in [1.165, 1.54) is 7.11 Å². The zero-order valence-corrected chi connectivity index (χ0v) is 19.6. The Morgan fingerprint density at radius 2 is 1.19 bits per heavy atom. The van der Waals surface area contributed by atoms with E-state index in [1.807, 2.05) is 0 Å². The molecule has 8 heteroatoms. The lowest BCUT2D eigenvalue weighted by Crippen LogP contribution is -2.53. The Bertz CT molecular complexity index is 1150. The average molecular weight is 491 g/mol. The summed E-state index contributed by atoms with van der Waals surface area (Å²) in [5.41, 5.74) is 1.08. The van der Waals surface area contributed by atoms with E-state index in [2.05, 4.69) is 0 Å². The maximum absolute atomic E-state index is 12.8. The van der Waals surface area contributed by atoms with Gasteiger partial charge in [-0.05, 0) is 36.4 Å². The molecule has 0 radical (unpaired) electrons. The van der Waals surface area contributed by atoms with Crippen LogP contribution < -0.4 is 0 Å². The van der Waals surface area contributed by atoms with Gasteiger partial charge in [0.15, 0.2) is 12.4 Å².